The van der Waals surface area contributed by atoms with E-state index in [1.807, 2.05) is 6.07 Å². The van der Waals surface area contributed by atoms with E-state index in [4.69, 9.17) is 14.6 Å². The van der Waals surface area contributed by atoms with E-state index in [2.05, 4.69) is 10.6 Å². The first kappa shape index (κ1) is 25.2. The number of hydrogen-bond donors (Lipinski definition) is 3. The maximum Gasteiger partial charge on any atom is 0.408 e. The van der Waals surface area contributed by atoms with Crippen LogP contribution in [0.15, 0.2) is 54.6 Å². The second-order valence-electron chi connectivity index (χ2n) is 7.77. The topological polar surface area (TPSA) is 151 Å². The molecule has 3 unspecified atom stereocenters. The van der Waals surface area contributed by atoms with Crippen LogP contribution in [0.3, 0.4) is 0 Å². The Morgan fingerprint density at radius 2 is 1.86 bits per heavy atom. The predicted molar refractivity (Wildman–Crippen MR) is 123 cm³/mol. The normalized spacial score (nSPS) is 16.5. The first-order chi connectivity index (χ1) is 16.8. The number of nitrogens with zero attached hydrogens (tertiary/aromatic N) is 1. The molecule has 0 bridgehead atoms. The third-order valence-electron chi connectivity index (χ3n) is 5.22. The molecule has 0 saturated carbocycles. The molecule has 11 heteroatoms. The van der Waals surface area contributed by atoms with E-state index in [-0.39, 0.29) is 18.9 Å². The summed E-state index contributed by atoms with van der Waals surface area (Å²) in [6, 6.07) is 11.9. The van der Waals surface area contributed by atoms with Gasteiger partial charge < -0.3 is 30.0 Å². The SMILES string of the molecule is CC(C(=O)NC(C=O)CC(=O)O)N1C(=O)C(NC(=O)OCc2ccccc2)COc2ccccc21. The maximum absolute atomic E-state index is 13.4. The largest absolute Gasteiger partial charge is 0.489 e. The molecule has 1 heterocycles. The van der Waals surface area contributed by atoms with Gasteiger partial charge >= 0.3 is 12.1 Å². The zero-order valence-electron chi connectivity index (χ0n) is 18.9. The van der Waals surface area contributed by atoms with Crippen LogP contribution in [-0.4, -0.2) is 60.0 Å². The lowest BCUT2D eigenvalue weighted by Gasteiger charge is -2.30. The number of hydrogen-bond acceptors (Lipinski definition) is 7. The predicted octanol–water partition coefficient (Wildman–Crippen LogP) is 1.25. The molecule has 1 aliphatic heterocycles. The highest BCUT2D eigenvalue weighted by Gasteiger charge is 2.38. The minimum absolute atomic E-state index is 0.00610. The number of carboxylic acid groups (broad SMARTS) is 1. The van der Waals surface area contributed by atoms with Gasteiger partial charge in [0.2, 0.25) is 5.91 Å². The zero-order valence-corrected chi connectivity index (χ0v) is 18.9. The zero-order chi connectivity index (χ0) is 25.4. The van der Waals surface area contributed by atoms with E-state index in [1.165, 1.54) is 6.92 Å². The van der Waals surface area contributed by atoms with Gasteiger partial charge in [0.1, 0.15) is 37.3 Å². The van der Waals surface area contributed by atoms with E-state index in [9.17, 15) is 24.0 Å². The Bertz CT molecular complexity index is 1090. The number of carboxylic acids is 1. The molecule has 35 heavy (non-hydrogen) atoms. The van der Waals surface area contributed by atoms with Crippen LogP contribution in [0.1, 0.15) is 18.9 Å². The van der Waals surface area contributed by atoms with Gasteiger partial charge in [-0.1, -0.05) is 42.5 Å². The smallest absolute Gasteiger partial charge is 0.408 e. The average Bonchev–Trinajstić information content (AvgIpc) is 2.98. The summed E-state index contributed by atoms with van der Waals surface area (Å²) in [6.45, 7) is 1.20. The summed E-state index contributed by atoms with van der Waals surface area (Å²) in [6.07, 6.45) is -1.14. The Hall–Kier alpha value is -4.41. The molecule has 3 atom stereocenters. The molecular formula is C24H25N3O8. The third-order valence-corrected chi connectivity index (χ3v) is 5.22. The van der Waals surface area contributed by atoms with Gasteiger partial charge in [-0.2, -0.15) is 0 Å². The summed E-state index contributed by atoms with van der Waals surface area (Å²) >= 11 is 0. The number of carbonyl (C=O) groups excluding carboxylic acids is 4. The Morgan fingerprint density at radius 3 is 2.54 bits per heavy atom. The first-order valence-electron chi connectivity index (χ1n) is 10.8. The molecule has 0 saturated heterocycles. The van der Waals surface area contributed by atoms with Gasteiger partial charge in [0, 0.05) is 0 Å². The molecule has 184 valence electrons. The summed E-state index contributed by atoms with van der Waals surface area (Å²) in [5.74, 6) is -2.35. The minimum atomic E-state index is -1.27. The number of anilines is 1. The van der Waals surface area contributed by atoms with Gasteiger partial charge in [-0.3, -0.25) is 19.3 Å². The van der Waals surface area contributed by atoms with Crippen LogP contribution < -0.4 is 20.3 Å². The number of alkyl carbamates (subject to hydrolysis) is 1. The standard InChI is InChI=1S/C24H25N3O8/c1-15(22(31)25-17(12-28)11-21(29)30)27-19-9-5-6-10-20(19)34-14-18(23(27)32)26-24(33)35-13-16-7-3-2-4-8-16/h2-10,12,15,17-18H,11,13-14H2,1H3,(H,25,31)(H,26,33)(H,29,30). The molecule has 0 spiro atoms. The minimum Gasteiger partial charge on any atom is -0.489 e. The number of benzene rings is 2. The number of aliphatic carboxylic acids is 1. The monoisotopic (exact) mass is 483 g/mol. The van der Waals surface area contributed by atoms with Gasteiger partial charge in [0.05, 0.1) is 18.2 Å². The van der Waals surface area contributed by atoms with Crippen LogP contribution in [0.2, 0.25) is 0 Å². The molecule has 11 nitrogen and oxygen atoms in total. The van der Waals surface area contributed by atoms with Crippen LogP contribution in [0.4, 0.5) is 10.5 Å². The lowest BCUT2D eigenvalue weighted by Crippen LogP contribution is -2.57. The molecule has 0 radical (unpaired) electrons. The number of nitrogens with one attached hydrogen (secondary N) is 2. The van der Waals surface area contributed by atoms with Crippen molar-refractivity contribution < 1.29 is 38.6 Å². The van der Waals surface area contributed by atoms with Crippen molar-refractivity contribution in [1.29, 1.82) is 0 Å². The number of amides is 3. The van der Waals surface area contributed by atoms with Crippen molar-refractivity contribution in [3.8, 4) is 5.75 Å². The molecular weight excluding hydrogens is 458 g/mol. The van der Waals surface area contributed by atoms with Crippen molar-refractivity contribution >= 4 is 35.9 Å². The number of fused-ring (bicyclic) bond motifs is 1. The van der Waals surface area contributed by atoms with Crippen molar-refractivity contribution in [2.75, 3.05) is 11.5 Å². The quantitative estimate of drug-likeness (QED) is 0.451. The van der Waals surface area contributed by atoms with Crippen LogP contribution in [0.5, 0.6) is 5.75 Å². The molecule has 1 aliphatic rings. The van der Waals surface area contributed by atoms with E-state index < -0.39 is 48.4 Å². The Morgan fingerprint density at radius 1 is 1.17 bits per heavy atom. The van der Waals surface area contributed by atoms with Gasteiger partial charge in [-0.05, 0) is 24.6 Å². The highest BCUT2D eigenvalue weighted by atomic mass is 16.5. The fourth-order valence-corrected chi connectivity index (χ4v) is 3.46. The molecule has 3 rings (SSSR count). The Kier molecular flexibility index (Phi) is 8.38. The van der Waals surface area contributed by atoms with Crippen molar-refractivity contribution in [3.05, 3.63) is 60.2 Å². The summed E-state index contributed by atoms with van der Waals surface area (Å²) in [5, 5.41) is 13.7. The molecule has 3 amide bonds. The summed E-state index contributed by atoms with van der Waals surface area (Å²) in [5.41, 5.74) is 1.04. The van der Waals surface area contributed by atoms with Gasteiger partial charge in [-0.25, -0.2) is 4.79 Å². The van der Waals surface area contributed by atoms with E-state index in [0.717, 1.165) is 10.5 Å². The number of carbonyl (C=O) groups is 5. The maximum atomic E-state index is 13.4. The lowest BCUT2D eigenvalue weighted by molar-refractivity contribution is -0.139. The molecule has 0 aromatic heterocycles. The summed E-state index contributed by atoms with van der Waals surface area (Å²) in [7, 11) is 0. The average molecular weight is 483 g/mol. The van der Waals surface area contributed by atoms with Crippen molar-refractivity contribution in [1.82, 2.24) is 10.6 Å². The van der Waals surface area contributed by atoms with Crippen LogP contribution in [0.25, 0.3) is 0 Å². The van der Waals surface area contributed by atoms with Crippen molar-refractivity contribution in [3.63, 3.8) is 0 Å². The summed E-state index contributed by atoms with van der Waals surface area (Å²) < 4.78 is 10.9. The molecule has 3 N–H and O–H groups in total. The third kappa shape index (κ3) is 6.56. The second kappa shape index (κ2) is 11.6. The van der Waals surface area contributed by atoms with Crippen LogP contribution in [-0.2, 0) is 30.5 Å². The Balaban J connectivity index is 1.76. The fraction of sp³-hybridized carbons (Fsp3) is 0.292. The highest BCUT2D eigenvalue weighted by molar-refractivity contribution is 6.05. The Labute approximate surface area is 201 Å². The first-order valence-corrected chi connectivity index (χ1v) is 10.8. The van der Waals surface area contributed by atoms with Crippen molar-refractivity contribution in [2.45, 2.75) is 38.1 Å². The molecule has 2 aromatic carbocycles. The van der Waals surface area contributed by atoms with Crippen LogP contribution in [0, 0.1) is 0 Å². The second-order valence-corrected chi connectivity index (χ2v) is 7.77. The van der Waals surface area contributed by atoms with Crippen molar-refractivity contribution in [2.24, 2.45) is 0 Å². The van der Waals surface area contributed by atoms with E-state index in [0.29, 0.717) is 12.0 Å². The summed E-state index contributed by atoms with van der Waals surface area (Å²) in [4.78, 5) is 61.9. The number of ether oxygens (including phenoxy) is 2. The fourth-order valence-electron chi connectivity index (χ4n) is 3.46. The molecule has 2 aromatic rings. The van der Waals surface area contributed by atoms with Gasteiger partial charge in [-0.15, -0.1) is 0 Å². The van der Waals surface area contributed by atoms with E-state index >= 15 is 0 Å². The number of para-hydroxylation sites is 2. The molecule has 0 aliphatic carbocycles. The van der Waals surface area contributed by atoms with E-state index in [1.54, 1.807) is 48.5 Å². The number of aldehydes is 1. The van der Waals surface area contributed by atoms with Gasteiger partial charge in [0.25, 0.3) is 5.91 Å². The highest BCUT2D eigenvalue weighted by Crippen LogP contribution is 2.32. The number of rotatable bonds is 9. The molecule has 0 fully saturated rings. The van der Waals surface area contributed by atoms with Crippen LogP contribution >= 0.6 is 0 Å². The lowest BCUT2D eigenvalue weighted by atomic mass is 10.1. The van der Waals surface area contributed by atoms with Gasteiger partial charge in [0.15, 0.2) is 0 Å².